The highest BCUT2D eigenvalue weighted by atomic mass is 16.2. The summed E-state index contributed by atoms with van der Waals surface area (Å²) < 4.78 is 0. The van der Waals surface area contributed by atoms with Gasteiger partial charge in [0, 0.05) is 38.4 Å². The van der Waals surface area contributed by atoms with Crippen molar-refractivity contribution in [2.24, 2.45) is 0 Å². The van der Waals surface area contributed by atoms with Crippen molar-refractivity contribution in [3.8, 4) is 0 Å². The van der Waals surface area contributed by atoms with E-state index in [2.05, 4.69) is 25.8 Å². The topological polar surface area (TPSA) is 53.5 Å². The van der Waals surface area contributed by atoms with Gasteiger partial charge in [0.1, 0.15) is 5.69 Å². The fourth-order valence-electron chi connectivity index (χ4n) is 2.41. The molecule has 0 bridgehead atoms. The second kappa shape index (κ2) is 9.98. The summed E-state index contributed by atoms with van der Waals surface area (Å²) in [6.45, 7) is 8.36. The van der Waals surface area contributed by atoms with Gasteiger partial charge in [0.25, 0.3) is 11.8 Å². The van der Waals surface area contributed by atoms with Crippen LogP contribution in [0.1, 0.15) is 67.3 Å². The second-order valence-corrected chi connectivity index (χ2v) is 5.80. The number of nitrogens with zero attached hydrogens (tertiary/aromatic N) is 3. The Morgan fingerprint density at radius 2 is 1.65 bits per heavy atom. The first-order valence-corrected chi connectivity index (χ1v) is 8.55. The van der Waals surface area contributed by atoms with Crippen LogP contribution >= 0.6 is 0 Å². The summed E-state index contributed by atoms with van der Waals surface area (Å²) in [5, 5.41) is 0. The molecule has 0 aromatic carbocycles. The largest absolute Gasteiger partial charge is 0.340 e. The smallest absolute Gasteiger partial charge is 0.272 e. The number of hydrogen-bond donors (Lipinski definition) is 0. The molecule has 0 N–H and O–H groups in total. The summed E-state index contributed by atoms with van der Waals surface area (Å²) in [5.41, 5.74) is 0.872. The molecule has 0 spiro atoms. The standard InChI is InChI=1S/C18H29N3O2/c1-5-8-13-20(4)18(23)16-14-15(9-10-19-16)17(22)21(11-6-2)12-7-3/h9-10,14H,5-8,11-13H2,1-4H3. The first-order valence-electron chi connectivity index (χ1n) is 8.55. The highest BCUT2D eigenvalue weighted by Crippen LogP contribution is 2.10. The van der Waals surface area contributed by atoms with E-state index >= 15 is 0 Å². The lowest BCUT2D eigenvalue weighted by Gasteiger charge is -2.22. The minimum Gasteiger partial charge on any atom is -0.340 e. The molecule has 0 atom stereocenters. The summed E-state index contributed by atoms with van der Waals surface area (Å²) in [6.07, 6.45) is 5.38. The summed E-state index contributed by atoms with van der Waals surface area (Å²) in [5.74, 6) is -0.160. The van der Waals surface area contributed by atoms with Gasteiger partial charge in [-0.2, -0.15) is 0 Å². The van der Waals surface area contributed by atoms with Crippen molar-refractivity contribution in [3.63, 3.8) is 0 Å². The Kier molecular flexibility index (Phi) is 8.30. The molecule has 1 rings (SSSR count). The number of rotatable bonds is 9. The van der Waals surface area contributed by atoms with Crippen molar-refractivity contribution in [2.75, 3.05) is 26.7 Å². The molecule has 0 saturated heterocycles. The van der Waals surface area contributed by atoms with Crippen molar-refractivity contribution in [2.45, 2.75) is 46.5 Å². The van der Waals surface area contributed by atoms with E-state index < -0.39 is 0 Å². The minimum atomic E-state index is -0.134. The zero-order valence-electron chi connectivity index (χ0n) is 14.8. The maximum Gasteiger partial charge on any atom is 0.272 e. The van der Waals surface area contributed by atoms with Crippen LogP contribution in [0.5, 0.6) is 0 Å². The summed E-state index contributed by atoms with van der Waals surface area (Å²) in [7, 11) is 1.77. The molecule has 2 amide bonds. The quantitative estimate of drug-likeness (QED) is 0.702. The van der Waals surface area contributed by atoms with E-state index in [4.69, 9.17) is 0 Å². The number of aromatic nitrogens is 1. The summed E-state index contributed by atoms with van der Waals surface area (Å²) >= 11 is 0. The normalized spacial score (nSPS) is 10.4. The van der Waals surface area contributed by atoms with Gasteiger partial charge >= 0.3 is 0 Å². The molecule has 1 aromatic heterocycles. The zero-order valence-corrected chi connectivity index (χ0v) is 14.8. The lowest BCUT2D eigenvalue weighted by molar-refractivity contribution is 0.0755. The van der Waals surface area contributed by atoms with Crippen LogP contribution in [0, 0.1) is 0 Å². The highest BCUT2D eigenvalue weighted by Gasteiger charge is 2.18. The Hall–Kier alpha value is -1.91. The van der Waals surface area contributed by atoms with Gasteiger partial charge in [-0.25, -0.2) is 0 Å². The Balaban J connectivity index is 2.90. The molecule has 0 radical (unpaired) electrons. The molecule has 1 heterocycles. The number of carbonyl (C=O) groups is 2. The van der Waals surface area contributed by atoms with Crippen LogP contribution in [0.3, 0.4) is 0 Å². The van der Waals surface area contributed by atoms with Crippen LogP contribution in [-0.2, 0) is 0 Å². The van der Waals surface area contributed by atoms with Gasteiger partial charge < -0.3 is 9.80 Å². The molecule has 0 aliphatic heterocycles. The van der Waals surface area contributed by atoms with Crippen molar-refractivity contribution in [1.29, 1.82) is 0 Å². The minimum absolute atomic E-state index is 0.0265. The van der Waals surface area contributed by atoms with Gasteiger partial charge in [-0.05, 0) is 31.4 Å². The van der Waals surface area contributed by atoms with Crippen LogP contribution in [0.25, 0.3) is 0 Å². The van der Waals surface area contributed by atoms with E-state index in [1.807, 2.05) is 4.90 Å². The van der Waals surface area contributed by atoms with E-state index in [1.165, 1.54) is 0 Å². The maximum atomic E-state index is 12.6. The Bertz CT molecular complexity index is 511. The molecule has 5 heteroatoms. The van der Waals surface area contributed by atoms with Gasteiger partial charge in [0.15, 0.2) is 0 Å². The van der Waals surface area contributed by atoms with Crippen LogP contribution in [0.2, 0.25) is 0 Å². The predicted molar refractivity (Wildman–Crippen MR) is 92.6 cm³/mol. The highest BCUT2D eigenvalue weighted by molar-refractivity contribution is 5.98. The molecule has 0 unspecified atom stereocenters. The first kappa shape index (κ1) is 19.1. The third kappa shape index (κ3) is 5.66. The summed E-state index contributed by atoms with van der Waals surface area (Å²) in [6, 6.07) is 3.30. The Morgan fingerprint density at radius 1 is 1.00 bits per heavy atom. The van der Waals surface area contributed by atoms with E-state index in [1.54, 1.807) is 30.3 Å². The monoisotopic (exact) mass is 319 g/mol. The Morgan fingerprint density at radius 3 is 2.22 bits per heavy atom. The van der Waals surface area contributed by atoms with Crippen LogP contribution in [0.4, 0.5) is 0 Å². The van der Waals surface area contributed by atoms with E-state index in [9.17, 15) is 9.59 Å². The number of hydrogen-bond acceptors (Lipinski definition) is 3. The molecule has 5 nitrogen and oxygen atoms in total. The predicted octanol–water partition coefficient (Wildman–Crippen LogP) is 3.22. The average Bonchev–Trinajstić information content (AvgIpc) is 2.58. The van der Waals surface area contributed by atoms with Crippen molar-refractivity contribution in [3.05, 3.63) is 29.6 Å². The molecule has 0 saturated carbocycles. The average molecular weight is 319 g/mol. The van der Waals surface area contributed by atoms with Gasteiger partial charge in [0.05, 0.1) is 0 Å². The molecular formula is C18H29N3O2. The Labute approximate surface area is 139 Å². The molecule has 23 heavy (non-hydrogen) atoms. The third-order valence-corrected chi connectivity index (χ3v) is 3.69. The van der Waals surface area contributed by atoms with E-state index in [-0.39, 0.29) is 11.8 Å². The molecule has 0 aliphatic carbocycles. The first-order chi connectivity index (χ1) is 11.0. The maximum absolute atomic E-state index is 12.6. The molecular weight excluding hydrogens is 290 g/mol. The molecule has 1 aromatic rings. The van der Waals surface area contributed by atoms with Gasteiger partial charge in [0.2, 0.25) is 0 Å². The zero-order chi connectivity index (χ0) is 17.2. The number of unbranched alkanes of at least 4 members (excludes halogenated alkanes) is 1. The van der Waals surface area contributed by atoms with Crippen LogP contribution in [-0.4, -0.2) is 53.3 Å². The van der Waals surface area contributed by atoms with Gasteiger partial charge in [-0.1, -0.05) is 27.2 Å². The van der Waals surface area contributed by atoms with Crippen molar-refractivity contribution < 1.29 is 9.59 Å². The molecule has 0 fully saturated rings. The number of amides is 2. The van der Waals surface area contributed by atoms with Gasteiger partial charge in [-0.3, -0.25) is 14.6 Å². The summed E-state index contributed by atoms with van der Waals surface area (Å²) in [4.78, 5) is 32.6. The fraction of sp³-hybridized carbons (Fsp3) is 0.611. The van der Waals surface area contributed by atoms with Crippen LogP contribution in [0.15, 0.2) is 18.3 Å². The molecule has 128 valence electrons. The lowest BCUT2D eigenvalue weighted by Crippen LogP contribution is -2.33. The van der Waals surface area contributed by atoms with Gasteiger partial charge in [-0.15, -0.1) is 0 Å². The van der Waals surface area contributed by atoms with Crippen molar-refractivity contribution >= 4 is 11.8 Å². The lowest BCUT2D eigenvalue weighted by atomic mass is 10.1. The number of pyridine rings is 1. The molecule has 0 aliphatic rings. The second-order valence-electron chi connectivity index (χ2n) is 5.80. The SMILES string of the molecule is CCCCN(C)C(=O)c1cc(C(=O)N(CCC)CCC)ccn1. The van der Waals surface area contributed by atoms with E-state index in [0.29, 0.717) is 17.8 Å². The fourth-order valence-corrected chi connectivity index (χ4v) is 2.41. The van der Waals surface area contributed by atoms with Crippen molar-refractivity contribution in [1.82, 2.24) is 14.8 Å². The third-order valence-electron chi connectivity index (χ3n) is 3.69. The van der Waals surface area contributed by atoms with E-state index in [0.717, 1.165) is 38.8 Å². The number of carbonyl (C=O) groups excluding carboxylic acids is 2. The van der Waals surface area contributed by atoms with Crippen LogP contribution < -0.4 is 0 Å².